The van der Waals surface area contributed by atoms with Crippen LogP contribution in [-0.4, -0.2) is 7.11 Å². The van der Waals surface area contributed by atoms with Gasteiger partial charge in [0.15, 0.2) is 11.6 Å². The van der Waals surface area contributed by atoms with Gasteiger partial charge in [0.05, 0.1) is 7.11 Å². The highest BCUT2D eigenvalue weighted by Crippen LogP contribution is 2.27. The molecule has 0 spiro atoms. The van der Waals surface area contributed by atoms with Crippen LogP contribution in [0.3, 0.4) is 0 Å². The molecule has 0 saturated carbocycles. The molecule has 0 aliphatic rings. The maximum Gasteiger partial charge on any atom is 0.165 e. The third-order valence-electron chi connectivity index (χ3n) is 3.24. The summed E-state index contributed by atoms with van der Waals surface area (Å²) in [5.41, 5.74) is 3.26. The zero-order chi connectivity index (χ0) is 14.7. The number of benzene rings is 2. The number of hydrogen-bond acceptors (Lipinski definition) is 2. The third kappa shape index (κ3) is 3.42. The summed E-state index contributed by atoms with van der Waals surface area (Å²) in [6.45, 7) is 4.12. The topological polar surface area (TPSA) is 21.3 Å². The Labute approximate surface area is 132 Å². The maximum absolute atomic E-state index is 13.4. The van der Waals surface area contributed by atoms with Gasteiger partial charge in [-0.2, -0.15) is 0 Å². The maximum atomic E-state index is 13.4. The Morgan fingerprint density at radius 1 is 1.20 bits per heavy atom. The summed E-state index contributed by atoms with van der Waals surface area (Å²) >= 11 is 2.29. The van der Waals surface area contributed by atoms with Crippen LogP contribution in [-0.2, 0) is 0 Å². The fourth-order valence-corrected chi connectivity index (χ4v) is 2.70. The van der Waals surface area contributed by atoms with E-state index >= 15 is 0 Å². The molecular weight excluding hydrogens is 368 g/mol. The van der Waals surface area contributed by atoms with E-state index in [1.807, 2.05) is 6.92 Å². The Bertz CT molecular complexity index is 615. The van der Waals surface area contributed by atoms with Gasteiger partial charge in [0.2, 0.25) is 0 Å². The predicted molar refractivity (Wildman–Crippen MR) is 88.9 cm³/mol. The Balaban J connectivity index is 2.21. The number of anilines is 1. The first-order valence-electron chi connectivity index (χ1n) is 6.37. The van der Waals surface area contributed by atoms with Crippen LogP contribution in [0.1, 0.15) is 24.1 Å². The molecule has 0 aliphatic heterocycles. The Kier molecular flexibility index (Phi) is 4.86. The first kappa shape index (κ1) is 15.1. The van der Waals surface area contributed by atoms with Gasteiger partial charge in [-0.15, -0.1) is 0 Å². The molecule has 0 heterocycles. The minimum absolute atomic E-state index is 0.0725. The molecule has 2 aromatic rings. The van der Waals surface area contributed by atoms with Crippen molar-refractivity contribution in [3.63, 3.8) is 0 Å². The van der Waals surface area contributed by atoms with Crippen molar-refractivity contribution in [1.29, 1.82) is 0 Å². The van der Waals surface area contributed by atoms with Crippen molar-refractivity contribution in [2.75, 3.05) is 12.4 Å². The molecule has 2 aromatic carbocycles. The van der Waals surface area contributed by atoms with Gasteiger partial charge in [0.25, 0.3) is 0 Å². The fourth-order valence-electron chi connectivity index (χ4n) is 2.05. The lowest BCUT2D eigenvalue weighted by Gasteiger charge is -2.18. The lowest BCUT2D eigenvalue weighted by Crippen LogP contribution is -2.08. The van der Waals surface area contributed by atoms with Gasteiger partial charge < -0.3 is 10.1 Å². The van der Waals surface area contributed by atoms with E-state index in [0.29, 0.717) is 0 Å². The lowest BCUT2D eigenvalue weighted by molar-refractivity contribution is 0.385. The van der Waals surface area contributed by atoms with E-state index in [9.17, 15) is 4.39 Å². The quantitative estimate of drug-likeness (QED) is 0.755. The number of ether oxygens (including phenoxy) is 1. The summed E-state index contributed by atoms with van der Waals surface area (Å²) in [4.78, 5) is 0. The first-order chi connectivity index (χ1) is 9.51. The van der Waals surface area contributed by atoms with Crippen LogP contribution in [0.2, 0.25) is 0 Å². The van der Waals surface area contributed by atoms with Crippen molar-refractivity contribution in [3.05, 3.63) is 56.9 Å². The van der Waals surface area contributed by atoms with Crippen LogP contribution in [0, 0.1) is 16.3 Å². The second-order valence-electron chi connectivity index (χ2n) is 4.72. The third-order valence-corrected chi connectivity index (χ3v) is 3.91. The monoisotopic (exact) mass is 385 g/mol. The molecular formula is C16H17FINO. The van der Waals surface area contributed by atoms with Gasteiger partial charge in [0, 0.05) is 15.3 Å². The number of aryl methyl sites for hydroxylation is 1. The number of halogens is 2. The number of hydrogen-bond donors (Lipinski definition) is 1. The van der Waals surface area contributed by atoms with Gasteiger partial charge in [-0.3, -0.25) is 0 Å². The van der Waals surface area contributed by atoms with E-state index in [-0.39, 0.29) is 17.6 Å². The van der Waals surface area contributed by atoms with E-state index in [1.165, 1.54) is 22.3 Å². The average Bonchev–Trinajstić information content (AvgIpc) is 2.42. The zero-order valence-electron chi connectivity index (χ0n) is 11.7. The summed E-state index contributed by atoms with van der Waals surface area (Å²) in [5, 5.41) is 3.44. The zero-order valence-corrected chi connectivity index (χ0v) is 13.9. The molecule has 0 radical (unpaired) electrons. The van der Waals surface area contributed by atoms with Gasteiger partial charge in [0.1, 0.15) is 0 Å². The van der Waals surface area contributed by atoms with Crippen molar-refractivity contribution < 1.29 is 9.13 Å². The lowest BCUT2D eigenvalue weighted by atomic mass is 10.1. The van der Waals surface area contributed by atoms with E-state index < -0.39 is 0 Å². The highest BCUT2D eigenvalue weighted by Gasteiger charge is 2.10. The summed E-state index contributed by atoms with van der Waals surface area (Å²) in [5.74, 6) is -0.0654. The molecule has 0 aliphatic carbocycles. The van der Waals surface area contributed by atoms with Crippen molar-refractivity contribution in [2.45, 2.75) is 19.9 Å². The fraction of sp³-hybridized carbons (Fsp3) is 0.250. The molecule has 1 unspecified atom stereocenters. The SMILES string of the molecule is COc1cc(C(C)Nc2ccc(I)cc2C)ccc1F. The molecule has 106 valence electrons. The van der Waals surface area contributed by atoms with Crippen molar-refractivity contribution in [1.82, 2.24) is 0 Å². The van der Waals surface area contributed by atoms with E-state index in [0.717, 1.165) is 11.3 Å². The van der Waals surface area contributed by atoms with Crippen LogP contribution in [0.4, 0.5) is 10.1 Å². The van der Waals surface area contributed by atoms with Crippen molar-refractivity contribution >= 4 is 28.3 Å². The largest absolute Gasteiger partial charge is 0.494 e. The second kappa shape index (κ2) is 6.43. The van der Waals surface area contributed by atoms with Crippen LogP contribution < -0.4 is 10.1 Å². The molecule has 0 fully saturated rings. The minimum atomic E-state index is -0.339. The molecule has 20 heavy (non-hydrogen) atoms. The summed E-state index contributed by atoms with van der Waals surface area (Å²) < 4.78 is 19.7. The Morgan fingerprint density at radius 3 is 2.60 bits per heavy atom. The Morgan fingerprint density at radius 2 is 1.95 bits per heavy atom. The molecule has 2 nitrogen and oxygen atoms in total. The van der Waals surface area contributed by atoms with E-state index in [1.54, 1.807) is 12.1 Å². The predicted octanol–water partition coefficient (Wildman–Crippen LogP) is 4.92. The van der Waals surface area contributed by atoms with Crippen molar-refractivity contribution in [3.8, 4) is 5.75 Å². The molecule has 0 aromatic heterocycles. The Hall–Kier alpha value is -1.30. The van der Waals surface area contributed by atoms with Gasteiger partial charge >= 0.3 is 0 Å². The molecule has 0 bridgehead atoms. The van der Waals surface area contributed by atoms with Gasteiger partial charge in [-0.25, -0.2) is 4.39 Å². The molecule has 1 atom stereocenters. The molecule has 0 amide bonds. The van der Waals surface area contributed by atoms with Crippen LogP contribution in [0.15, 0.2) is 36.4 Å². The standard InChI is InChI=1S/C16H17FINO/c1-10-8-13(18)5-7-15(10)19-11(2)12-4-6-14(17)16(9-12)20-3/h4-9,11,19H,1-3H3. The normalized spacial score (nSPS) is 12.1. The van der Waals surface area contributed by atoms with Gasteiger partial charge in [-0.05, 0) is 77.9 Å². The first-order valence-corrected chi connectivity index (χ1v) is 7.45. The molecule has 0 saturated heterocycles. The minimum Gasteiger partial charge on any atom is -0.494 e. The second-order valence-corrected chi connectivity index (χ2v) is 5.96. The van der Waals surface area contributed by atoms with E-state index in [4.69, 9.17) is 4.74 Å². The molecule has 2 rings (SSSR count). The number of methoxy groups -OCH3 is 1. The van der Waals surface area contributed by atoms with Gasteiger partial charge in [-0.1, -0.05) is 6.07 Å². The summed E-state index contributed by atoms with van der Waals surface area (Å²) in [6.07, 6.45) is 0. The number of nitrogens with one attached hydrogen (secondary N) is 1. The smallest absolute Gasteiger partial charge is 0.165 e. The summed E-state index contributed by atoms with van der Waals surface area (Å²) in [7, 11) is 1.48. The van der Waals surface area contributed by atoms with Crippen LogP contribution in [0.25, 0.3) is 0 Å². The molecule has 4 heteroatoms. The highest BCUT2D eigenvalue weighted by atomic mass is 127. The molecule has 1 N–H and O–H groups in total. The van der Waals surface area contributed by atoms with Crippen LogP contribution >= 0.6 is 22.6 Å². The van der Waals surface area contributed by atoms with Crippen LogP contribution in [0.5, 0.6) is 5.75 Å². The average molecular weight is 385 g/mol. The number of rotatable bonds is 4. The summed E-state index contributed by atoms with van der Waals surface area (Å²) in [6, 6.07) is 11.3. The van der Waals surface area contributed by atoms with Crippen molar-refractivity contribution in [2.24, 2.45) is 0 Å². The van der Waals surface area contributed by atoms with E-state index in [2.05, 4.69) is 53.0 Å². The highest BCUT2D eigenvalue weighted by molar-refractivity contribution is 14.1.